The van der Waals surface area contributed by atoms with E-state index < -0.39 is 11.7 Å². The van der Waals surface area contributed by atoms with Crippen LogP contribution in [0.2, 0.25) is 0 Å². The lowest BCUT2D eigenvalue weighted by molar-refractivity contribution is -0.146. The van der Waals surface area contributed by atoms with Crippen molar-refractivity contribution >= 4 is 21.9 Å². The Bertz CT molecular complexity index is 902. The number of rotatable bonds is 5. The first-order chi connectivity index (χ1) is 11.6. The van der Waals surface area contributed by atoms with E-state index in [0.29, 0.717) is 5.56 Å². The second-order valence-electron chi connectivity index (χ2n) is 4.99. The molecule has 0 spiro atoms. The number of esters is 1. The molecule has 3 aromatic rings. The minimum atomic E-state index is -0.701. The number of hydrogen-bond acceptors (Lipinski definition) is 5. The van der Waals surface area contributed by atoms with E-state index in [4.69, 9.17) is 9.15 Å². The molecule has 0 radical (unpaired) electrons. The van der Waals surface area contributed by atoms with Gasteiger partial charge in [0.1, 0.15) is 13.2 Å². The molecule has 0 aliphatic carbocycles. The van der Waals surface area contributed by atoms with Crippen molar-refractivity contribution in [3.05, 3.63) is 75.2 Å². The lowest BCUT2D eigenvalue weighted by Crippen LogP contribution is -2.22. The van der Waals surface area contributed by atoms with Gasteiger partial charge in [0.25, 0.3) is 0 Å². The molecule has 0 N–H and O–H groups in total. The molecule has 0 fully saturated rings. The highest BCUT2D eigenvalue weighted by Crippen LogP contribution is 2.14. The average molecular weight is 389 g/mol. The van der Waals surface area contributed by atoms with Gasteiger partial charge in [-0.05, 0) is 29.8 Å². The number of halogens is 1. The highest BCUT2D eigenvalue weighted by Gasteiger charge is 2.14. The largest absolute Gasteiger partial charge is 0.459 e. The number of hydrogen-bond donors (Lipinski definition) is 0. The van der Waals surface area contributed by atoms with Gasteiger partial charge in [-0.15, -0.1) is 5.10 Å². The Hall–Kier alpha value is -2.67. The molecule has 24 heavy (non-hydrogen) atoms. The summed E-state index contributed by atoms with van der Waals surface area (Å²) in [6.07, 6.45) is 0. The van der Waals surface area contributed by atoms with Crippen molar-refractivity contribution in [3.8, 4) is 11.5 Å². The van der Waals surface area contributed by atoms with Crippen LogP contribution in [0.4, 0.5) is 0 Å². The zero-order valence-corrected chi connectivity index (χ0v) is 14.1. The van der Waals surface area contributed by atoms with Gasteiger partial charge < -0.3 is 9.15 Å². The lowest BCUT2D eigenvalue weighted by Gasteiger charge is -2.04. The standard InChI is InChI=1S/C17H13BrN2O4/c18-14-8-4-5-12(9-14)11-23-15(21)10-20-17(22)24-16(19-20)13-6-2-1-3-7-13/h1-9H,10-11H2. The molecule has 6 nitrogen and oxygen atoms in total. The predicted molar refractivity (Wildman–Crippen MR) is 90.1 cm³/mol. The van der Waals surface area contributed by atoms with Crippen LogP contribution >= 0.6 is 15.9 Å². The maximum Gasteiger partial charge on any atom is 0.437 e. The summed E-state index contributed by atoms with van der Waals surface area (Å²) >= 11 is 3.35. The van der Waals surface area contributed by atoms with E-state index in [2.05, 4.69) is 21.0 Å². The molecule has 0 atom stereocenters. The summed E-state index contributed by atoms with van der Waals surface area (Å²) in [7, 11) is 0. The van der Waals surface area contributed by atoms with Crippen LogP contribution in [0, 0.1) is 0 Å². The summed E-state index contributed by atoms with van der Waals surface area (Å²) in [6, 6.07) is 16.4. The number of benzene rings is 2. The Labute approximate surface area is 145 Å². The van der Waals surface area contributed by atoms with E-state index in [0.717, 1.165) is 14.7 Å². The number of nitrogens with zero attached hydrogens (tertiary/aromatic N) is 2. The molecule has 122 valence electrons. The summed E-state index contributed by atoms with van der Waals surface area (Å²) < 4.78 is 12.1. The van der Waals surface area contributed by atoms with Crippen LogP contribution in [0.1, 0.15) is 5.56 Å². The number of ether oxygens (including phenoxy) is 1. The highest BCUT2D eigenvalue weighted by molar-refractivity contribution is 9.10. The van der Waals surface area contributed by atoms with E-state index in [-0.39, 0.29) is 19.0 Å². The Kier molecular flexibility index (Phi) is 4.90. The maximum absolute atomic E-state index is 11.9. The molecular weight excluding hydrogens is 376 g/mol. The number of carbonyl (C=O) groups excluding carboxylic acids is 1. The first kappa shape index (κ1) is 16.2. The summed E-state index contributed by atoms with van der Waals surface area (Å²) in [5.41, 5.74) is 1.51. The van der Waals surface area contributed by atoms with Crippen LogP contribution in [0.15, 0.2) is 68.3 Å². The van der Waals surface area contributed by atoms with Gasteiger partial charge in [0.15, 0.2) is 0 Å². The lowest BCUT2D eigenvalue weighted by atomic mass is 10.2. The van der Waals surface area contributed by atoms with E-state index in [9.17, 15) is 9.59 Å². The molecular formula is C17H13BrN2O4. The van der Waals surface area contributed by atoms with Crippen LogP contribution in [-0.4, -0.2) is 15.7 Å². The minimum absolute atomic E-state index is 0.121. The first-order valence-corrected chi connectivity index (χ1v) is 7.94. The fraction of sp³-hybridized carbons (Fsp3) is 0.118. The quantitative estimate of drug-likeness (QED) is 0.628. The number of carbonyl (C=O) groups is 1. The monoisotopic (exact) mass is 388 g/mol. The summed E-state index contributed by atoms with van der Waals surface area (Å²) in [4.78, 5) is 23.7. The van der Waals surface area contributed by atoms with Crippen molar-refractivity contribution in [3.63, 3.8) is 0 Å². The molecule has 0 amide bonds. The Morgan fingerprint density at radius 3 is 2.71 bits per heavy atom. The van der Waals surface area contributed by atoms with Crippen molar-refractivity contribution in [1.29, 1.82) is 0 Å². The first-order valence-electron chi connectivity index (χ1n) is 7.15. The van der Waals surface area contributed by atoms with Gasteiger partial charge in [-0.3, -0.25) is 4.79 Å². The van der Waals surface area contributed by atoms with Crippen molar-refractivity contribution in [1.82, 2.24) is 9.78 Å². The van der Waals surface area contributed by atoms with Crippen molar-refractivity contribution in [2.75, 3.05) is 0 Å². The van der Waals surface area contributed by atoms with Crippen LogP contribution < -0.4 is 5.76 Å². The van der Waals surface area contributed by atoms with Gasteiger partial charge in [-0.25, -0.2) is 4.79 Å². The van der Waals surface area contributed by atoms with Crippen molar-refractivity contribution < 1.29 is 13.9 Å². The second kappa shape index (κ2) is 7.27. The minimum Gasteiger partial charge on any atom is -0.459 e. The molecule has 0 saturated heterocycles. The van der Waals surface area contributed by atoms with E-state index in [1.807, 2.05) is 30.3 Å². The third-order valence-electron chi connectivity index (χ3n) is 3.19. The smallest absolute Gasteiger partial charge is 0.437 e. The molecule has 2 aromatic carbocycles. The molecule has 3 rings (SSSR count). The third-order valence-corrected chi connectivity index (χ3v) is 3.69. The normalized spacial score (nSPS) is 10.5. The molecule has 0 saturated carbocycles. The van der Waals surface area contributed by atoms with Crippen LogP contribution in [0.5, 0.6) is 0 Å². The van der Waals surface area contributed by atoms with Crippen molar-refractivity contribution in [2.24, 2.45) is 0 Å². The van der Waals surface area contributed by atoms with Crippen LogP contribution in [0.3, 0.4) is 0 Å². The molecule has 0 unspecified atom stereocenters. The molecule has 1 aromatic heterocycles. The second-order valence-corrected chi connectivity index (χ2v) is 5.90. The van der Waals surface area contributed by atoms with E-state index in [1.54, 1.807) is 24.3 Å². The van der Waals surface area contributed by atoms with Gasteiger partial charge in [-0.1, -0.05) is 46.3 Å². The van der Waals surface area contributed by atoms with E-state index in [1.165, 1.54) is 0 Å². The summed E-state index contributed by atoms with van der Waals surface area (Å²) in [6.45, 7) is -0.181. The SMILES string of the molecule is O=C(Cn1nc(-c2ccccc2)oc1=O)OCc1cccc(Br)c1. The Balaban J connectivity index is 1.64. The highest BCUT2D eigenvalue weighted by atomic mass is 79.9. The fourth-order valence-electron chi connectivity index (χ4n) is 2.06. The maximum atomic E-state index is 11.9. The van der Waals surface area contributed by atoms with Gasteiger partial charge in [0, 0.05) is 10.0 Å². The summed E-state index contributed by atoms with van der Waals surface area (Å²) in [5.74, 6) is -1.10. The molecule has 0 aliphatic heterocycles. The van der Waals surface area contributed by atoms with Crippen LogP contribution in [0.25, 0.3) is 11.5 Å². The predicted octanol–water partition coefficient (Wildman–Crippen LogP) is 3.01. The van der Waals surface area contributed by atoms with Gasteiger partial charge >= 0.3 is 11.7 Å². The van der Waals surface area contributed by atoms with Crippen LogP contribution in [-0.2, 0) is 22.7 Å². The Morgan fingerprint density at radius 2 is 1.96 bits per heavy atom. The van der Waals surface area contributed by atoms with Gasteiger partial charge in [0.2, 0.25) is 5.89 Å². The van der Waals surface area contributed by atoms with Crippen molar-refractivity contribution in [2.45, 2.75) is 13.2 Å². The Morgan fingerprint density at radius 1 is 1.17 bits per heavy atom. The fourth-order valence-corrected chi connectivity index (χ4v) is 2.51. The molecule has 0 bridgehead atoms. The third kappa shape index (κ3) is 3.99. The topological polar surface area (TPSA) is 74.3 Å². The zero-order chi connectivity index (χ0) is 16.9. The molecule has 0 aliphatic rings. The average Bonchev–Trinajstić information content (AvgIpc) is 2.95. The summed E-state index contributed by atoms with van der Waals surface area (Å²) in [5, 5.41) is 4.02. The molecule has 1 heterocycles. The zero-order valence-electron chi connectivity index (χ0n) is 12.5. The van der Waals surface area contributed by atoms with Gasteiger partial charge in [0.05, 0.1) is 0 Å². The number of aromatic nitrogens is 2. The molecule has 7 heteroatoms. The van der Waals surface area contributed by atoms with E-state index >= 15 is 0 Å². The van der Waals surface area contributed by atoms with Gasteiger partial charge in [-0.2, -0.15) is 4.68 Å².